The monoisotopic (exact) mass is 395 g/mol. The van der Waals surface area contributed by atoms with Gasteiger partial charge in [0.25, 0.3) is 11.5 Å². The first-order chi connectivity index (χ1) is 13.0. The summed E-state index contributed by atoms with van der Waals surface area (Å²) in [5.41, 5.74) is 3.78. The molecule has 0 atom stereocenters. The predicted molar refractivity (Wildman–Crippen MR) is 113 cm³/mol. The minimum atomic E-state index is -0.292. The highest BCUT2D eigenvalue weighted by atomic mass is 32.1. The molecular weight excluding hydrogens is 378 g/mol. The van der Waals surface area contributed by atoms with E-state index in [4.69, 9.17) is 12.2 Å². The quantitative estimate of drug-likeness (QED) is 0.494. The van der Waals surface area contributed by atoms with Crippen LogP contribution in [-0.4, -0.2) is 15.3 Å². The van der Waals surface area contributed by atoms with E-state index in [0.29, 0.717) is 31.1 Å². The van der Waals surface area contributed by atoms with Crippen LogP contribution in [0.5, 0.6) is 0 Å². The summed E-state index contributed by atoms with van der Waals surface area (Å²) in [6.45, 7) is 4.01. The highest BCUT2D eigenvalue weighted by molar-refractivity contribution is 7.73. The summed E-state index contributed by atoms with van der Waals surface area (Å²) in [7, 11) is 0. The highest BCUT2D eigenvalue weighted by Crippen LogP contribution is 2.24. The van der Waals surface area contributed by atoms with Gasteiger partial charge in [-0.15, -0.1) is 0 Å². The van der Waals surface area contributed by atoms with Gasteiger partial charge in [-0.25, -0.2) is 0 Å². The molecule has 0 aliphatic heterocycles. The maximum Gasteiger partial charge on any atom is 0.269 e. The van der Waals surface area contributed by atoms with Crippen molar-refractivity contribution in [1.29, 1.82) is 0 Å². The molecule has 0 aliphatic carbocycles. The number of aryl methyl sites for hydroxylation is 2. The van der Waals surface area contributed by atoms with Crippen LogP contribution < -0.4 is 10.9 Å². The molecule has 2 N–H and O–H groups in total. The zero-order valence-electron chi connectivity index (χ0n) is 14.8. The number of nitrogens with one attached hydrogen (secondary N) is 2. The molecule has 7 heteroatoms. The number of hydrogen-bond donors (Lipinski definition) is 2. The van der Waals surface area contributed by atoms with E-state index in [-0.39, 0.29) is 11.5 Å². The van der Waals surface area contributed by atoms with Crippen LogP contribution in [-0.2, 0) is 6.42 Å². The van der Waals surface area contributed by atoms with Crippen molar-refractivity contribution in [1.82, 2.24) is 9.38 Å². The third-order valence-electron chi connectivity index (χ3n) is 4.51. The molecule has 0 radical (unpaired) electrons. The molecule has 0 spiro atoms. The Labute approximate surface area is 164 Å². The lowest BCUT2D eigenvalue weighted by atomic mass is 10.1. The molecular formula is C20H17N3O2S2. The van der Waals surface area contributed by atoms with Gasteiger partial charge in [0, 0.05) is 5.69 Å². The Balaban J connectivity index is 1.83. The lowest BCUT2D eigenvalue weighted by molar-refractivity contribution is 0.103. The lowest BCUT2D eigenvalue weighted by Crippen LogP contribution is -2.15. The average Bonchev–Trinajstić information content (AvgIpc) is 2.99. The number of H-pyrrole nitrogens is 1. The van der Waals surface area contributed by atoms with Crippen molar-refractivity contribution < 1.29 is 4.79 Å². The van der Waals surface area contributed by atoms with E-state index >= 15 is 0 Å². The van der Waals surface area contributed by atoms with Crippen LogP contribution in [0.4, 0.5) is 5.69 Å². The van der Waals surface area contributed by atoms with Gasteiger partial charge in [-0.3, -0.25) is 14.0 Å². The molecule has 0 bridgehead atoms. The predicted octanol–water partition coefficient (Wildman–Crippen LogP) is 4.69. The first-order valence-corrected chi connectivity index (χ1v) is 9.79. The van der Waals surface area contributed by atoms with Gasteiger partial charge in [0.2, 0.25) is 0 Å². The fourth-order valence-corrected chi connectivity index (χ4v) is 4.35. The molecule has 0 saturated carbocycles. The minimum absolute atomic E-state index is 0.233. The van der Waals surface area contributed by atoms with Crippen molar-refractivity contribution in [3.8, 4) is 0 Å². The zero-order valence-corrected chi connectivity index (χ0v) is 16.5. The molecule has 4 aromatic rings. The molecule has 0 fully saturated rings. The molecule has 4 rings (SSSR count). The number of fused-ring (bicyclic) bond motifs is 3. The first-order valence-electron chi connectivity index (χ1n) is 8.56. The molecule has 136 valence electrons. The van der Waals surface area contributed by atoms with Crippen molar-refractivity contribution in [2.75, 3.05) is 5.32 Å². The Morgan fingerprint density at radius 1 is 1.22 bits per heavy atom. The van der Waals surface area contributed by atoms with Crippen molar-refractivity contribution >= 4 is 51.7 Å². The smallest absolute Gasteiger partial charge is 0.269 e. The van der Waals surface area contributed by atoms with Gasteiger partial charge in [0.1, 0.15) is 10.5 Å². The number of aromatic amines is 1. The summed E-state index contributed by atoms with van der Waals surface area (Å²) < 4.78 is 2.27. The van der Waals surface area contributed by atoms with Crippen molar-refractivity contribution in [3.63, 3.8) is 0 Å². The second kappa shape index (κ2) is 6.75. The van der Waals surface area contributed by atoms with Crippen LogP contribution in [0.3, 0.4) is 0 Å². The average molecular weight is 396 g/mol. The topological polar surface area (TPSA) is 66.4 Å². The number of benzene rings is 2. The third kappa shape index (κ3) is 3.09. The van der Waals surface area contributed by atoms with Gasteiger partial charge < -0.3 is 10.3 Å². The molecule has 0 aliphatic rings. The van der Waals surface area contributed by atoms with Crippen LogP contribution >= 0.6 is 23.6 Å². The zero-order chi connectivity index (χ0) is 19.1. The van der Waals surface area contributed by atoms with Crippen LogP contribution in [0.1, 0.15) is 27.7 Å². The number of amides is 1. The Morgan fingerprint density at radius 3 is 2.67 bits per heavy atom. The van der Waals surface area contributed by atoms with Crippen molar-refractivity contribution in [2.24, 2.45) is 0 Å². The number of thiazole rings is 1. The van der Waals surface area contributed by atoms with Crippen LogP contribution in [0, 0.1) is 10.9 Å². The molecule has 0 unspecified atom stereocenters. The summed E-state index contributed by atoms with van der Waals surface area (Å²) in [5, 5.41) is 3.44. The number of carbonyl (C=O) groups excluding carboxylic acids is 1. The second-order valence-corrected chi connectivity index (χ2v) is 8.00. The molecule has 2 aromatic heterocycles. The fourth-order valence-electron chi connectivity index (χ4n) is 3.07. The van der Waals surface area contributed by atoms with Crippen LogP contribution in [0.15, 0.2) is 47.3 Å². The Kier molecular flexibility index (Phi) is 4.41. The van der Waals surface area contributed by atoms with Gasteiger partial charge in [0.15, 0.2) is 3.95 Å². The van der Waals surface area contributed by atoms with Gasteiger partial charge >= 0.3 is 0 Å². The van der Waals surface area contributed by atoms with Crippen LogP contribution in [0.2, 0.25) is 0 Å². The lowest BCUT2D eigenvalue weighted by Gasteiger charge is -2.06. The van der Waals surface area contributed by atoms with Crippen LogP contribution in [0.25, 0.3) is 16.6 Å². The normalized spacial score (nSPS) is 11.2. The molecule has 1 amide bonds. The highest BCUT2D eigenvalue weighted by Gasteiger charge is 2.18. The van der Waals surface area contributed by atoms with Gasteiger partial charge in [-0.2, -0.15) is 0 Å². The minimum Gasteiger partial charge on any atom is -0.321 e. The van der Waals surface area contributed by atoms with E-state index in [9.17, 15) is 9.59 Å². The van der Waals surface area contributed by atoms with Crippen molar-refractivity contribution in [2.45, 2.75) is 20.3 Å². The number of anilines is 1. The summed E-state index contributed by atoms with van der Waals surface area (Å²) in [6.07, 6.45) is 0.938. The third-order valence-corrected chi connectivity index (χ3v) is 5.88. The molecule has 2 aromatic carbocycles. The Hall–Kier alpha value is -2.77. The molecule has 0 saturated heterocycles. The van der Waals surface area contributed by atoms with E-state index in [1.165, 1.54) is 16.9 Å². The Bertz CT molecular complexity index is 1300. The second-order valence-electron chi connectivity index (χ2n) is 6.36. The fraction of sp³-hybridized carbons (Fsp3) is 0.150. The maximum atomic E-state index is 12.8. The van der Waals surface area contributed by atoms with Gasteiger partial charge in [-0.1, -0.05) is 42.0 Å². The van der Waals surface area contributed by atoms with E-state index in [1.807, 2.05) is 49.4 Å². The number of hydrogen-bond acceptors (Lipinski definition) is 4. The van der Waals surface area contributed by atoms with E-state index in [0.717, 1.165) is 12.0 Å². The first kappa shape index (κ1) is 17.6. The Morgan fingerprint density at radius 2 is 1.96 bits per heavy atom. The van der Waals surface area contributed by atoms with E-state index in [1.54, 1.807) is 4.40 Å². The SMILES string of the molecule is CCc1ccc(NC(=O)c2sc(=S)n3c2[nH]c(=O)c2cc(C)ccc23)cc1. The standard InChI is InChI=1S/C20H17N3O2S2/c1-3-12-5-7-13(8-6-12)21-19(25)16-17-22-18(24)14-10-11(2)4-9-15(14)23(17)20(26)27-16/h4-10H,3H2,1-2H3,(H,21,25)(H,22,24). The summed E-state index contributed by atoms with van der Waals surface area (Å²) in [5.74, 6) is -0.292. The summed E-state index contributed by atoms with van der Waals surface area (Å²) in [6, 6.07) is 13.3. The van der Waals surface area contributed by atoms with Gasteiger partial charge in [0.05, 0.1) is 10.9 Å². The molecule has 27 heavy (non-hydrogen) atoms. The molecule has 5 nitrogen and oxygen atoms in total. The number of rotatable bonds is 3. The number of carbonyl (C=O) groups is 1. The van der Waals surface area contributed by atoms with E-state index < -0.39 is 0 Å². The summed E-state index contributed by atoms with van der Waals surface area (Å²) in [4.78, 5) is 28.6. The maximum absolute atomic E-state index is 12.8. The largest absolute Gasteiger partial charge is 0.321 e. The van der Waals surface area contributed by atoms with E-state index in [2.05, 4.69) is 17.2 Å². The number of aromatic nitrogens is 2. The molecule has 2 heterocycles. The number of nitrogens with zero attached hydrogens (tertiary/aromatic N) is 1. The summed E-state index contributed by atoms with van der Waals surface area (Å²) >= 11 is 6.66. The van der Waals surface area contributed by atoms with Gasteiger partial charge in [-0.05, 0) is 55.4 Å². The van der Waals surface area contributed by atoms with Crippen molar-refractivity contribution in [3.05, 3.63) is 72.8 Å².